The van der Waals surface area contributed by atoms with Crippen LogP contribution in [0.2, 0.25) is 0 Å². The normalized spacial score (nSPS) is 11.5. The molecule has 2 rings (SSSR count). The van der Waals surface area contributed by atoms with Crippen LogP contribution in [0.5, 0.6) is 23.0 Å². The van der Waals surface area contributed by atoms with Crippen molar-refractivity contribution < 1.29 is 76.6 Å². The molecule has 49 heavy (non-hydrogen) atoms. The van der Waals surface area contributed by atoms with Gasteiger partial charge >= 0.3 is 30.6 Å². The number of carboxylic acids is 1. The molecule has 2 atom stereocenters. The van der Waals surface area contributed by atoms with Crippen molar-refractivity contribution in [1.82, 2.24) is 10.2 Å². The Kier molecular flexibility index (Phi) is 15.1. The van der Waals surface area contributed by atoms with Crippen LogP contribution in [0, 0.1) is 5.92 Å². The number of ether oxygens (including phenoxy) is 8. The molecule has 0 saturated carbocycles. The van der Waals surface area contributed by atoms with E-state index in [1.54, 1.807) is 6.92 Å². The molecular weight excluding hydrogens is 656 g/mol. The smallest absolute Gasteiger partial charge is 0.480 e. The van der Waals surface area contributed by atoms with Crippen LogP contribution in [-0.4, -0.2) is 100.0 Å². The number of carbonyl (C=O) groups excluding carboxylic acids is 6. The lowest BCUT2D eigenvalue weighted by molar-refractivity contribution is -0.141. The lowest BCUT2D eigenvalue weighted by Crippen LogP contribution is -2.44. The number of aliphatic carboxylic acids is 1. The van der Waals surface area contributed by atoms with E-state index >= 15 is 0 Å². The maximum Gasteiger partial charge on any atom is 0.513 e. The summed E-state index contributed by atoms with van der Waals surface area (Å²) >= 11 is 0. The molecule has 2 amide bonds. The van der Waals surface area contributed by atoms with Gasteiger partial charge in [0, 0.05) is 13.1 Å². The Hall–Kier alpha value is -6.07. The van der Waals surface area contributed by atoms with E-state index in [-0.39, 0.29) is 48.1 Å². The molecule has 0 bridgehead atoms. The van der Waals surface area contributed by atoms with Gasteiger partial charge < -0.3 is 53.2 Å². The van der Waals surface area contributed by atoms with Crippen LogP contribution in [0.3, 0.4) is 0 Å². The van der Waals surface area contributed by atoms with Crippen LogP contribution < -0.4 is 24.3 Å². The van der Waals surface area contributed by atoms with Crippen molar-refractivity contribution in [1.29, 1.82) is 0 Å². The fraction of sp³-hybridized carbons (Fsp3) is 0.387. The molecule has 2 aromatic rings. The average molecular weight is 693 g/mol. The first-order valence-corrected chi connectivity index (χ1v) is 14.4. The molecule has 2 aromatic carbocycles. The van der Waals surface area contributed by atoms with Gasteiger partial charge in [0.1, 0.15) is 6.04 Å². The van der Waals surface area contributed by atoms with Gasteiger partial charge in [0.05, 0.1) is 39.6 Å². The number of amides is 2. The van der Waals surface area contributed by atoms with Crippen molar-refractivity contribution in [2.45, 2.75) is 32.7 Å². The Labute approximate surface area is 280 Å². The van der Waals surface area contributed by atoms with E-state index in [2.05, 4.69) is 24.3 Å². The minimum Gasteiger partial charge on any atom is -0.480 e. The first-order chi connectivity index (χ1) is 23.3. The summed E-state index contributed by atoms with van der Waals surface area (Å²) in [5.74, 6) is -4.64. The minimum atomic E-state index is -1.34. The van der Waals surface area contributed by atoms with Crippen LogP contribution in [0.4, 0.5) is 19.2 Å². The SMILES string of the molecule is COC(=O)Oc1cccc(C(=O)NCC(C)CCCN(C(=O)c2cccc(OC(=O)OC)c2OC(=O)OC)C(C)C(=O)O)c1OC(=O)OC. The first kappa shape index (κ1) is 39.1. The number of benzene rings is 2. The Morgan fingerprint density at radius 2 is 1.14 bits per heavy atom. The fourth-order valence-corrected chi connectivity index (χ4v) is 4.10. The summed E-state index contributed by atoms with van der Waals surface area (Å²) < 4.78 is 38.0. The highest BCUT2D eigenvalue weighted by Gasteiger charge is 2.31. The van der Waals surface area contributed by atoms with E-state index in [0.717, 1.165) is 33.3 Å². The summed E-state index contributed by atoms with van der Waals surface area (Å²) in [6.07, 6.45) is -4.08. The second-order valence-electron chi connectivity index (χ2n) is 9.96. The second kappa shape index (κ2) is 18.9. The third-order valence-corrected chi connectivity index (χ3v) is 6.65. The summed E-state index contributed by atoms with van der Waals surface area (Å²) in [6.45, 7) is 3.07. The molecular formula is C31H36N2O16. The van der Waals surface area contributed by atoms with Crippen molar-refractivity contribution in [2.75, 3.05) is 41.5 Å². The van der Waals surface area contributed by atoms with Gasteiger partial charge in [0.15, 0.2) is 23.0 Å². The predicted molar refractivity (Wildman–Crippen MR) is 164 cm³/mol. The zero-order valence-electron chi connectivity index (χ0n) is 27.5. The van der Waals surface area contributed by atoms with E-state index in [9.17, 15) is 38.7 Å². The van der Waals surface area contributed by atoms with Gasteiger partial charge in [0.2, 0.25) is 0 Å². The Morgan fingerprint density at radius 1 is 0.694 bits per heavy atom. The molecule has 0 aliphatic heterocycles. The zero-order chi connectivity index (χ0) is 36.7. The minimum absolute atomic E-state index is 0.0883. The number of nitrogens with zero attached hydrogens (tertiary/aromatic N) is 1. The third-order valence-electron chi connectivity index (χ3n) is 6.65. The molecule has 0 spiro atoms. The van der Waals surface area contributed by atoms with Gasteiger partial charge in [-0.2, -0.15) is 0 Å². The number of carboxylic acid groups (broad SMARTS) is 1. The molecule has 0 aliphatic carbocycles. The molecule has 0 saturated heterocycles. The number of carbonyl (C=O) groups is 7. The predicted octanol–water partition coefficient (Wildman–Crippen LogP) is 4.03. The highest BCUT2D eigenvalue weighted by Crippen LogP contribution is 2.34. The zero-order valence-corrected chi connectivity index (χ0v) is 27.5. The number of hydrogen-bond donors (Lipinski definition) is 2. The second-order valence-corrected chi connectivity index (χ2v) is 9.96. The largest absolute Gasteiger partial charge is 0.513 e. The highest BCUT2D eigenvalue weighted by atomic mass is 16.8. The van der Waals surface area contributed by atoms with Crippen molar-refractivity contribution >= 4 is 42.4 Å². The maximum absolute atomic E-state index is 13.7. The number of nitrogens with one attached hydrogen (secondary N) is 1. The summed E-state index contributed by atoms with van der Waals surface area (Å²) in [7, 11) is 4.17. The Morgan fingerprint density at radius 3 is 1.61 bits per heavy atom. The first-order valence-electron chi connectivity index (χ1n) is 14.4. The van der Waals surface area contributed by atoms with Gasteiger partial charge in [-0.05, 0) is 49.9 Å². The van der Waals surface area contributed by atoms with Crippen molar-refractivity contribution in [3.8, 4) is 23.0 Å². The van der Waals surface area contributed by atoms with E-state index in [1.165, 1.54) is 43.3 Å². The highest BCUT2D eigenvalue weighted by molar-refractivity contribution is 6.00. The van der Waals surface area contributed by atoms with Gasteiger partial charge in [0.25, 0.3) is 11.8 Å². The number of para-hydroxylation sites is 2. The van der Waals surface area contributed by atoms with Crippen LogP contribution in [0.15, 0.2) is 36.4 Å². The number of hydrogen-bond acceptors (Lipinski definition) is 15. The van der Waals surface area contributed by atoms with Gasteiger partial charge in [-0.25, -0.2) is 24.0 Å². The summed E-state index contributed by atoms with van der Waals surface area (Å²) in [6, 6.07) is 6.42. The van der Waals surface area contributed by atoms with E-state index < -0.39 is 59.9 Å². The molecule has 2 N–H and O–H groups in total. The van der Waals surface area contributed by atoms with Crippen LogP contribution in [-0.2, 0) is 23.7 Å². The molecule has 18 heteroatoms. The Balaban J connectivity index is 2.21. The van der Waals surface area contributed by atoms with Crippen molar-refractivity contribution in [3.05, 3.63) is 47.5 Å². The molecule has 266 valence electrons. The third kappa shape index (κ3) is 11.3. The monoisotopic (exact) mass is 692 g/mol. The van der Waals surface area contributed by atoms with Crippen molar-refractivity contribution in [2.24, 2.45) is 5.92 Å². The average Bonchev–Trinajstić information content (AvgIpc) is 3.09. The summed E-state index contributed by atoms with van der Waals surface area (Å²) in [5, 5.41) is 12.4. The quantitative estimate of drug-likeness (QED) is 0.162. The molecule has 0 radical (unpaired) electrons. The van der Waals surface area contributed by atoms with Crippen LogP contribution >= 0.6 is 0 Å². The van der Waals surface area contributed by atoms with Crippen LogP contribution in [0.25, 0.3) is 0 Å². The van der Waals surface area contributed by atoms with Gasteiger partial charge in [-0.1, -0.05) is 19.1 Å². The summed E-state index contributed by atoms with van der Waals surface area (Å²) in [5.41, 5.74) is -0.460. The maximum atomic E-state index is 13.7. The van der Waals surface area contributed by atoms with Gasteiger partial charge in [-0.3, -0.25) is 9.59 Å². The topological polar surface area (TPSA) is 229 Å². The molecule has 0 fully saturated rings. The molecule has 0 aromatic heterocycles. The molecule has 2 unspecified atom stereocenters. The lowest BCUT2D eigenvalue weighted by Gasteiger charge is -2.28. The van der Waals surface area contributed by atoms with Gasteiger partial charge in [-0.15, -0.1) is 0 Å². The number of rotatable bonds is 14. The molecule has 0 heterocycles. The molecule has 18 nitrogen and oxygen atoms in total. The van der Waals surface area contributed by atoms with E-state index in [1.807, 2.05) is 0 Å². The number of methoxy groups -OCH3 is 4. The lowest BCUT2D eigenvalue weighted by atomic mass is 10.0. The standard InChI is InChI=1S/C31H36N2O16/c1-17(16-32-25(34)19-11-7-13-21(46-28(38)42-3)23(19)48-30(40)44-5)10-9-15-33(18(2)27(36)37)26(35)20-12-8-14-22(47-29(39)43-4)24(20)49-31(41)45-6/h7-8,11-14,17-18H,9-10,15-16H2,1-6H3,(H,32,34)(H,36,37). The molecule has 0 aliphatic rings. The fourth-order valence-electron chi connectivity index (χ4n) is 4.10. The van der Waals surface area contributed by atoms with E-state index in [0.29, 0.717) is 6.42 Å². The van der Waals surface area contributed by atoms with Crippen molar-refractivity contribution in [3.63, 3.8) is 0 Å². The Bertz CT molecular complexity index is 1540. The summed E-state index contributed by atoms with van der Waals surface area (Å²) in [4.78, 5) is 86.9. The van der Waals surface area contributed by atoms with Crippen LogP contribution in [0.1, 0.15) is 47.4 Å². The van der Waals surface area contributed by atoms with E-state index in [4.69, 9.17) is 18.9 Å².